The molecule has 2 nitrogen and oxygen atoms in total. The molecule has 3 rings (SSSR count). The van der Waals surface area contributed by atoms with Gasteiger partial charge in [-0.3, -0.25) is 0 Å². The van der Waals surface area contributed by atoms with Crippen molar-refractivity contribution >= 4 is 0 Å². The van der Waals surface area contributed by atoms with Gasteiger partial charge in [-0.1, -0.05) is 38.5 Å². The molecule has 1 unspecified atom stereocenters. The van der Waals surface area contributed by atoms with Gasteiger partial charge in [0.1, 0.15) is 17.3 Å². The second-order valence-corrected chi connectivity index (χ2v) is 7.57. The Morgan fingerprint density at radius 2 is 2.13 bits per heavy atom. The maximum Gasteiger partial charge on any atom is 0.134 e. The fourth-order valence-corrected chi connectivity index (χ4v) is 3.88. The van der Waals surface area contributed by atoms with Gasteiger partial charge in [-0.2, -0.15) is 0 Å². The average Bonchev–Trinajstić information content (AvgIpc) is 2.46. The first kappa shape index (κ1) is 16.2. The predicted molar refractivity (Wildman–Crippen MR) is 94.9 cm³/mol. The third kappa shape index (κ3) is 3.31. The Labute approximate surface area is 139 Å². The summed E-state index contributed by atoms with van der Waals surface area (Å²) in [5.74, 6) is 3.27. The van der Waals surface area contributed by atoms with Crippen LogP contribution in [0.15, 0.2) is 36.1 Å². The Morgan fingerprint density at radius 3 is 2.87 bits per heavy atom. The van der Waals surface area contributed by atoms with Crippen LogP contribution in [0.5, 0.6) is 11.5 Å². The second-order valence-electron chi connectivity index (χ2n) is 7.57. The number of hydrogen-bond acceptors (Lipinski definition) is 2. The second kappa shape index (κ2) is 6.43. The Hall–Kier alpha value is -1.70. The summed E-state index contributed by atoms with van der Waals surface area (Å²) in [5.41, 5.74) is 3.51. The summed E-state index contributed by atoms with van der Waals surface area (Å²) in [6, 6.07) is 4.04. The van der Waals surface area contributed by atoms with Gasteiger partial charge >= 0.3 is 0 Å². The first-order valence-electron chi connectivity index (χ1n) is 8.85. The smallest absolute Gasteiger partial charge is 0.134 e. The van der Waals surface area contributed by atoms with Crippen molar-refractivity contribution in [3.05, 3.63) is 47.2 Å². The van der Waals surface area contributed by atoms with Crippen molar-refractivity contribution in [2.45, 2.75) is 58.8 Å². The highest BCUT2D eigenvalue weighted by atomic mass is 16.5. The standard InChI is InChI=1S/C21H28O2/c1-13(2)6-5-7-16-11-19(22)21-18-10-14(3)8-9-17(18)15(4)23-20(21)12-16/h10-13,17-18,22H,4-9H2,1-3H3/t17-,18?/m0/s1. The number of aromatic hydroxyl groups is 1. The van der Waals surface area contributed by atoms with E-state index in [1.807, 2.05) is 6.07 Å². The lowest BCUT2D eigenvalue weighted by molar-refractivity contribution is 0.275. The third-order valence-electron chi connectivity index (χ3n) is 5.16. The normalized spacial score (nSPS) is 23.1. The lowest BCUT2D eigenvalue weighted by atomic mass is 9.74. The van der Waals surface area contributed by atoms with Crippen LogP contribution in [0, 0.1) is 11.8 Å². The number of allylic oxidation sites excluding steroid dienone is 3. The zero-order valence-corrected chi connectivity index (χ0v) is 14.6. The molecule has 0 amide bonds. The topological polar surface area (TPSA) is 29.5 Å². The van der Waals surface area contributed by atoms with Gasteiger partial charge in [0, 0.05) is 17.4 Å². The minimum absolute atomic E-state index is 0.213. The number of fused-ring (bicyclic) bond motifs is 3. The zero-order chi connectivity index (χ0) is 16.6. The molecule has 2 aliphatic rings. The van der Waals surface area contributed by atoms with E-state index >= 15 is 0 Å². The number of ether oxygens (including phenoxy) is 1. The molecule has 0 fully saturated rings. The number of phenols is 1. The third-order valence-corrected chi connectivity index (χ3v) is 5.16. The van der Waals surface area contributed by atoms with E-state index in [9.17, 15) is 5.11 Å². The molecule has 1 aliphatic heterocycles. The molecule has 1 N–H and O–H groups in total. The Balaban J connectivity index is 1.90. The van der Waals surface area contributed by atoms with Crippen molar-refractivity contribution in [2.24, 2.45) is 11.8 Å². The summed E-state index contributed by atoms with van der Waals surface area (Å²) in [6.45, 7) is 10.8. The monoisotopic (exact) mass is 312 g/mol. The van der Waals surface area contributed by atoms with Gasteiger partial charge in [0.2, 0.25) is 0 Å². The van der Waals surface area contributed by atoms with E-state index in [4.69, 9.17) is 4.74 Å². The number of rotatable bonds is 4. The molecule has 2 atom stereocenters. The van der Waals surface area contributed by atoms with Crippen molar-refractivity contribution in [1.82, 2.24) is 0 Å². The molecule has 1 aromatic rings. The summed E-state index contributed by atoms with van der Waals surface area (Å²) in [6.07, 6.45) is 7.77. The van der Waals surface area contributed by atoms with Crippen LogP contribution in [-0.2, 0) is 6.42 Å². The van der Waals surface area contributed by atoms with E-state index < -0.39 is 0 Å². The highest BCUT2D eigenvalue weighted by molar-refractivity contribution is 5.54. The highest BCUT2D eigenvalue weighted by Gasteiger charge is 2.36. The van der Waals surface area contributed by atoms with Gasteiger partial charge in [0.25, 0.3) is 0 Å². The van der Waals surface area contributed by atoms with Crippen LogP contribution in [-0.4, -0.2) is 5.11 Å². The van der Waals surface area contributed by atoms with E-state index in [2.05, 4.69) is 39.5 Å². The molecule has 1 aromatic carbocycles. The Bertz CT molecular complexity index is 639. The van der Waals surface area contributed by atoms with Crippen LogP contribution < -0.4 is 4.74 Å². The van der Waals surface area contributed by atoms with Gasteiger partial charge in [0.05, 0.1) is 0 Å². The van der Waals surface area contributed by atoms with E-state index in [0.29, 0.717) is 17.6 Å². The van der Waals surface area contributed by atoms with Crippen LogP contribution in [0.25, 0.3) is 0 Å². The van der Waals surface area contributed by atoms with Crippen molar-refractivity contribution in [3.63, 3.8) is 0 Å². The van der Waals surface area contributed by atoms with Gasteiger partial charge < -0.3 is 9.84 Å². The number of aryl methyl sites for hydroxylation is 1. The summed E-state index contributed by atoms with van der Waals surface area (Å²) < 4.78 is 6.00. The summed E-state index contributed by atoms with van der Waals surface area (Å²) in [4.78, 5) is 0. The SMILES string of the molecule is C=C1Oc2cc(CCCC(C)C)cc(O)c2C2C=C(C)CC[C@@H]12. The maximum absolute atomic E-state index is 10.6. The van der Waals surface area contributed by atoms with Crippen LogP contribution in [0.3, 0.4) is 0 Å². The Kier molecular flexibility index (Phi) is 4.52. The molecule has 0 radical (unpaired) electrons. The number of benzene rings is 1. The molecular formula is C21H28O2. The summed E-state index contributed by atoms with van der Waals surface area (Å²) in [5, 5.41) is 10.6. The van der Waals surface area contributed by atoms with Crippen molar-refractivity contribution in [3.8, 4) is 11.5 Å². The van der Waals surface area contributed by atoms with E-state index in [0.717, 1.165) is 48.3 Å². The molecule has 2 heteroatoms. The van der Waals surface area contributed by atoms with Gasteiger partial charge in [-0.05, 0) is 56.2 Å². The molecule has 0 saturated carbocycles. The van der Waals surface area contributed by atoms with Gasteiger partial charge in [-0.25, -0.2) is 0 Å². The minimum atomic E-state index is 0.213. The molecule has 0 aromatic heterocycles. The summed E-state index contributed by atoms with van der Waals surface area (Å²) >= 11 is 0. The zero-order valence-electron chi connectivity index (χ0n) is 14.6. The quantitative estimate of drug-likeness (QED) is 0.721. The molecule has 0 saturated heterocycles. The molecule has 0 bridgehead atoms. The lowest BCUT2D eigenvalue weighted by Crippen LogP contribution is -2.25. The Morgan fingerprint density at radius 1 is 1.35 bits per heavy atom. The van der Waals surface area contributed by atoms with E-state index in [-0.39, 0.29) is 5.92 Å². The predicted octanol–water partition coefficient (Wildman–Crippen LogP) is 5.72. The van der Waals surface area contributed by atoms with E-state index in [1.54, 1.807) is 0 Å². The largest absolute Gasteiger partial charge is 0.507 e. The molecule has 1 heterocycles. The minimum Gasteiger partial charge on any atom is -0.507 e. The van der Waals surface area contributed by atoms with Crippen LogP contribution in [0.2, 0.25) is 0 Å². The lowest BCUT2D eigenvalue weighted by Gasteiger charge is -2.37. The van der Waals surface area contributed by atoms with Crippen LogP contribution in [0.4, 0.5) is 0 Å². The molecular weight excluding hydrogens is 284 g/mol. The van der Waals surface area contributed by atoms with Gasteiger partial charge in [0.15, 0.2) is 0 Å². The van der Waals surface area contributed by atoms with Crippen molar-refractivity contribution in [2.75, 3.05) is 0 Å². The average molecular weight is 312 g/mol. The first-order chi connectivity index (χ1) is 11.0. The number of phenolic OH excluding ortho intramolecular Hbond substituents is 1. The number of hydrogen-bond donors (Lipinski definition) is 1. The van der Waals surface area contributed by atoms with Crippen molar-refractivity contribution in [1.29, 1.82) is 0 Å². The fraction of sp³-hybridized carbons (Fsp3) is 0.524. The molecule has 0 spiro atoms. The van der Waals surface area contributed by atoms with Crippen LogP contribution >= 0.6 is 0 Å². The van der Waals surface area contributed by atoms with Crippen LogP contribution in [0.1, 0.15) is 63.5 Å². The molecule has 124 valence electrons. The highest BCUT2D eigenvalue weighted by Crippen LogP contribution is 2.51. The van der Waals surface area contributed by atoms with Crippen molar-refractivity contribution < 1.29 is 9.84 Å². The van der Waals surface area contributed by atoms with E-state index in [1.165, 1.54) is 12.0 Å². The molecule has 23 heavy (non-hydrogen) atoms. The molecule has 1 aliphatic carbocycles. The first-order valence-corrected chi connectivity index (χ1v) is 8.85. The maximum atomic E-state index is 10.6. The fourth-order valence-electron chi connectivity index (χ4n) is 3.88. The summed E-state index contributed by atoms with van der Waals surface area (Å²) in [7, 11) is 0. The van der Waals surface area contributed by atoms with Gasteiger partial charge in [-0.15, -0.1) is 0 Å².